The summed E-state index contributed by atoms with van der Waals surface area (Å²) in [7, 11) is 4.05. The second kappa shape index (κ2) is 8.53. The quantitative estimate of drug-likeness (QED) is 0.639. The lowest BCUT2D eigenvalue weighted by Gasteiger charge is -2.24. The lowest BCUT2D eigenvalue weighted by molar-refractivity contribution is -0.129. The van der Waals surface area contributed by atoms with Gasteiger partial charge in [0, 0.05) is 37.5 Å². The molecular weight excluding hydrogens is 346 g/mol. The third-order valence-electron chi connectivity index (χ3n) is 5.04. The van der Waals surface area contributed by atoms with E-state index in [9.17, 15) is 4.79 Å². The second-order valence-corrected chi connectivity index (χ2v) is 7.76. The lowest BCUT2D eigenvalue weighted by Crippen LogP contribution is -2.34. The molecule has 0 saturated heterocycles. The number of para-hydroxylation sites is 1. The van der Waals surface area contributed by atoms with Gasteiger partial charge in [-0.1, -0.05) is 42.0 Å². The van der Waals surface area contributed by atoms with Gasteiger partial charge in [-0.05, 0) is 51.2 Å². The van der Waals surface area contributed by atoms with Crippen molar-refractivity contribution < 1.29 is 4.79 Å². The fraction of sp³-hybridized carbons (Fsp3) is 0.333. The number of hydrogen-bond donors (Lipinski definition) is 0. The van der Waals surface area contributed by atoms with Crippen LogP contribution in [0.4, 0.5) is 0 Å². The number of rotatable bonds is 6. The highest BCUT2D eigenvalue weighted by atomic mass is 16.2. The SMILES string of the molecule is CC(=O)N(CCN(C)C)Cc1cc2cccc(C)c2nc1-c1cccc(C)c1. The molecule has 2 aromatic carbocycles. The van der Waals surface area contributed by atoms with E-state index in [0.717, 1.165) is 39.8 Å². The van der Waals surface area contributed by atoms with Crippen LogP contribution in [0.3, 0.4) is 0 Å². The van der Waals surface area contributed by atoms with E-state index >= 15 is 0 Å². The van der Waals surface area contributed by atoms with Crippen LogP contribution < -0.4 is 0 Å². The molecule has 0 aliphatic carbocycles. The van der Waals surface area contributed by atoms with Crippen LogP contribution in [0.1, 0.15) is 23.6 Å². The van der Waals surface area contributed by atoms with Gasteiger partial charge < -0.3 is 9.80 Å². The van der Waals surface area contributed by atoms with Crippen molar-refractivity contribution in [1.29, 1.82) is 0 Å². The monoisotopic (exact) mass is 375 g/mol. The van der Waals surface area contributed by atoms with Gasteiger partial charge in [0.05, 0.1) is 11.2 Å². The molecule has 0 fully saturated rings. The molecule has 1 heterocycles. The van der Waals surface area contributed by atoms with Gasteiger partial charge in [0.15, 0.2) is 0 Å². The largest absolute Gasteiger partial charge is 0.337 e. The summed E-state index contributed by atoms with van der Waals surface area (Å²) in [6.07, 6.45) is 0. The molecule has 3 aromatic rings. The number of amides is 1. The minimum absolute atomic E-state index is 0.0846. The van der Waals surface area contributed by atoms with Crippen molar-refractivity contribution in [2.75, 3.05) is 27.2 Å². The molecule has 0 atom stereocenters. The highest BCUT2D eigenvalue weighted by Gasteiger charge is 2.16. The number of pyridine rings is 1. The Morgan fingerprint density at radius 1 is 1.00 bits per heavy atom. The van der Waals surface area contributed by atoms with E-state index in [-0.39, 0.29) is 5.91 Å². The van der Waals surface area contributed by atoms with Gasteiger partial charge in [-0.3, -0.25) is 4.79 Å². The Balaban J connectivity index is 2.11. The zero-order chi connectivity index (χ0) is 20.3. The smallest absolute Gasteiger partial charge is 0.219 e. The van der Waals surface area contributed by atoms with E-state index in [1.807, 2.05) is 19.0 Å². The first-order valence-electron chi connectivity index (χ1n) is 9.71. The second-order valence-electron chi connectivity index (χ2n) is 7.76. The van der Waals surface area contributed by atoms with E-state index in [1.54, 1.807) is 6.92 Å². The van der Waals surface area contributed by atoms with Gasteiger partial charge in [-0.2, -0.15) is 0 Å². The van der Waals surface area contributed by atoms with Gasteiger partial charge in [-0.25, -0.2) is 4.98 Å². The van der Waals surface area contributed by atoms with E-state index in [2.05, 4.69) is 67.3 Å². The molecule has 1 aromatic heterocycles. The first-order valence-corrected chi connectivity index (χ1v) is 9.71. The summed E-state index contributed by atoms with van der Waals surface area (Å²) in [5.41, 5.74) is 6.51. The van der Waals surface area contributed by atoms with Gasteiger partial charge in [-0.15, -0.1) is 0 Å². The molecule has 4 heteroatoms. The highest BCUT2D eigenvalue weighted by Crippen LogP contribution is 2.28. The third kappa shape index (κ3) is 4.57. The summed E-state index contributed by atoms with van der Waals surface area (Å²) in [5.74, 6) is 0.0846. The van der Waals surface area contributed by atoms with Crippen molar-refractivity contribution in [3.63, 3.8) is 0 Å². The first-order chi connectivity index (χ1) is 13.3. The first kappa shape index (κ1) is 20.0. The van der Waals surface area contributed by atoms with Crippen molar-refractivity contribution in [2.45, 2.75) is 27.3 Å². The lowest BCUT2D eigenvalue weighted by atomic mass is 10.00. The molecule has 1 amide bonds. The maximum absolute atomic E-state index is 12.3. The highest BCUT2D eigenvalue weighted by molar-refractivity contribution is 5.86. The molecule has 0 saturated carbocycles. The molecule has 0 radical (unpaired) electrons. The fourth-order valence-electron chi connectivity index (χ4n) is 3.43. The Labute approximate surface area is 167 Å². The summed E-state index contributed by atoms with van der Waals surface area (Å²) in [5, 5.41) is 1.11. The van der Waals surface area contributed by atoms with Crippen LogP contribution in [0.15, 0.2) is 48.5 Å². The van der Waals surface area contributed by atoms with Crippen molar-refractivity contribution in [3.8, 4) is 11.3 Å². The molecule has 0 spiro atoms. The Bertz CT molecular complexity index is 994. The predicted octanol–water partition coefficient (Wildman–Crippen LogP) is 4.43. The average molecular weight is 376 g/mol. The van der Waals surface area contributed by atoms with Crippen molar-refractivity contribution in [3.05, 3.63) is 65.2 Å². The number of aromatic nitrogens is 1. The predicted molar refractivity (Wildman–Crippen MR) is 116 cm³/mol. The van der Waals surface area contributed by atoms with Gasteiger partial charge in [0.25, 0.3) is 0 Å². The Morgan fingerprint density at radius 2 is 1.75 bits per heavy atom. The Hall–Kier alpha value is -2.72. The van der Waals surface area contributed by atoms with Crippen LogP contribution in [0.2, 0.25) is 0 Å². The molecule has 0 aliphatic rings. The molecule has 0 aliphatic heterocycles. The van der Waals surface area contributed by atoms with Gasteiger partial charge >= 0.3 is 0 Å². The summed E-state index contributed by atoms with van der Waals surface area (Å²) >= 11 is 0. The summed E-state index contributed by atoms with van der Waals surface area (Å²) in [6.45, 7) is 7.91. The molecule has 0 bridgehead atoms. The molecule has 146 valence electrons. The molecule has 3 rings (SSSR count). The summed E-state index contributed by atoms with van der Waals surface area (Å²) in [6, 6.07) is 16.9. The average Bonchev–Trinajstić information content (AvgIpc) is 2.64. The summed E-state index contributed by atoms with van der Waals surface area (Å²) in [4.78, 5) is 21.3. The topological polar surface area (TPSA) is 36.4 Å². The van der Waals surface area contributed by atoms with Crippen LogP contribution in [0, 0.1) is 13.8 Å². The minimum Gasteiger partial charge on any atom is -0.337 e. The van der Waals surface area contributed by atoms with Crippen LogP contribution >= 0.6 is 0 Å². The molecular formula is C24H29N3O. The number of carbonyl (C=O) groups excluding carboxylic acids is 1. The zero-order valence-corrected chi connectivity index (χ0v) is 17.5. The zero-order valence-electron chi connectivity index (χ0n) is 17.5. The molecule has 4 nitrogen and oxygen atoms in total. The van der Waals surface area contributed by atoms with Crippen LogP contribution in [0.25, 0.3) is 22.2 Å². The third-order valence-corrected chi connectivity index (χ3v) is 5.04. The van der Waals surface area contributed by atoms with Crippen LogP contribution in [-0.4, -0.2) is 47.9 Å². The number of aryl methyl sites for hydroxylation is 2. The van der Waals surface area contributed by atoms with E-state index < -0.39 is 0 Å². The fourth-order valence-corrected chi connectivity index (χ4v) is 3.43. The number of carbonyl (C=O) groups is 1. The standard InChI is InChI=1S/C24H29N3O/c1-17-8-6-10-20(14-17)24-22(16-27(19(3)28)13-12-26(4)5)15-21-11-7-9-18(2)23(21)25-24/h6-11,14-15H,12-13,16H2,1-5H3. The van der Waals surface area contributed by atoms with Crippen molar-refractivity contribution in [2.24, 2.45) is 0 Å². The number of hydrogen-bond acceptors (Lipinski definition) is 3. The number of likely N-dealkylation sites (N-methyl/N-ethyl adjacent to an activating group) is 1. The number of benzene rings is 2. The molecule has 0 unspecified atom stereocenters. The van der Waals surface area contributed by atoms with E-state index in [4.69, 9.17) is 4.98 Å². The van der Waals surface area contributed by atoms with Gasteiger partial charge in [0.1, 0.15) is 0 Å². The normalized spacial score (nSPS) is 11.2. The maximum atomic E-state index is 12.3. The Kier molecular flexibility index (Phi) is 6.10. The minimum atomic E-state index is 0.0846. The molecule has 0 N–H and O–H groups in total. The van der Waals surface area contributed by atoms with Crippen LogP contribution in [0.5, 0.6) is 0 Å². The van der Waals surface area contributed by atoms with E-state index in [0.29, 0.717) is 13.1 Å². The summed E-state index contributed by atoms with van der Waals surface area (Å²) < 4.78 is 0. The number of nitrogens with zero attached hydrogens (tertiary/aromatic N) is 3. The van der Waals surface area contributed by atoms with Crippen LogP contribution in [-0.2, 0) is 11.3 Å². The Morgan fingerprint density at radius 3 is 2.43 bits per heavy atom. The maximum Gasteiger partial charge on any atom is 0.219 e. The van der Waals surface area contributed by atoms with Gasteiger partial charge in [0.2, 0.25) is 5.91 Å². The molecule has 28 heavy (non-hydrogen) atoms. The van der Waals surface area contributed by atoms with Crippen molar-refractivity contribution >= 4 is 16.8 Å². The van der Waals surface area contributed by atoms with Crippen molar-refractivity contribution in [1.82, 2.24) is 14.8 Å². The number of fused-ring (bicyclic) bond motifs is 1. The van der Waals surface area contributed by atoms with E-state index in [1.165, 1.54) is 5.56 Å².